The van der Waals surface area contributed by atoms with Crippen molar-refractivity contribution in [2.24, 2.45) is 0 Å². The van der Waals surface area contributed by atoms with Gasteiger partial charge in [0.15, 0.2) is 0 Å². The highest BCUT2D eigenvalue weighted by Crippen LogP contribution is 2.28. The number of hydrogen-bond acceptors (Lipinski definition) is 3. The molecule has 0 fully saturated rings. The molecule has 6 heteroatoms. The summed E-state index contributed by atoms with van der Waals surface area (Å²) in [5.74, 6) is 0.0786. The minimum atomic E-state index is -4.42. The van der Waals surface area contributed by atoms with Gasteiger partial charge in [-0.05, 0) is 19.0 Å². The maximum absolute atomic E-state index is 12.6. The fourth-order valence-electron chi connectivity index (χ4n) is 1.87. The molecule has 0 aromatic carbocycles. The summed E-state index contributed by atoms with van der Waals surface area (Å²) < 4.78 is 37.7. The third kappa shape index (κ3) is 3.66. The highest BCUT2D eigenvalue weighted by atomic mass is 19.4. The van der Waals surface area contributed by atoms with E-state index < -0.39 is 11.9 Å². The van der Waals surface area contributed by atoms with Gasteiger partial charge in [-0.15, -0.1) is 0 Å². The number of alkyl halides is 3. The van der Waals surface area contributed by atoms with Crippen LogP contribution in [0.25, 0.3) is 0 Å². The molecule has 0 bridgehead atoms. The molecule has 0 aliphatic heterocycles. The summed E-state index contributed by atoms with van der Waals surface area (Å²) in [5, 5.41) is 3.23. The predicted molar refractivity (Wildman–Crippen MR) is 63.2 cm³/mol. The lowest BCUT2D eigenvalue weighted by Crippen LogP contribution is -2.34. The number of rotatable bonds is 5. The average molecular weight is 261 g/mol. The molecule has 18 heavy (non-hydrogen) atoms. The number of halogens is 3. The Kier molecular flexibility index (Phi) is 5.07. The molecule has 2 atom stereocenters. The fraction of sp³-hybridized carbons (Fsp3) is 0.667. The van der Waals surface area contributed by atoms with Crippen LogP contribution < -0.4 is 5.32 Å². The molecule has 1 aromatic rings. The van der Waals surface area contributed by atoms with Crippen molar-refractivity contribution in [1.29, 1.82) is 0 Å². The summed E-state index contributed by atoms with van der Waals surface area (Å²) in [6.07, 6.45) is -2.44. The number of aromatic nitrogens is 2. The summed E-state index contributed by atoms with van der Waals surface area (Å²) in [6.45, 7) is 6.55. The molecule has 3 nitrogen and oxygen atoms in total. The van der Waals surface area contributed by atoms with Gasteiger partial charge < -0.3 is 5.32 Å². The van der Waals surface area contributed by atoms with Gasteiger partial charge in [-0.3, -0.25) is 0 Å². The Balaban J connectivity index is 2.95. The van der Waals surface area contributed by atoms with Crippen molar-refractivity contribution in [3.05, 3.63) is 23.8 Å². The van der Waals surface area contributed by atoms with Crippen molar-refractivity contribution in [2.45, 2.75) is 45.3 Å². The molecule has 1 aromatic heterocycles. The van der Waals surface area contributed by atoms with Gasteiger partial charge in [-0.2, -0.15) is 13.2 Å². The van der Waals surface area contributed by atoms with E-state index in [9.17, 15) is 13.2 Å². The van der Waals surface area contributed by atoms with E-state index in [2.05, 4.69) is 15.3 Å². The molecule has 102 valence electrons. The topological polar surface area (TPSA) is 37.8 Å². The Morgan fingerprint density at radius 3 is 2.50 bits per heavy atom. The van der Waals surface area contributed by atoms with Gasteiger partial charge in [0, 0.05) is 18.2 Å². The van der Waals surface area contributed by atoms with Gasteiger partial charge in [-0.25, -0.2) is 9.97 Å². The first-order valence-corrected chi connectivity index (χ1v) is 6.03. The lowest BCUT2D eigenvalue weighted by molar-refractivity contribution is -0.141. The summed E-state index contributed by atoms with van der Waals surface area (Å²) in [7, 11) is 0. The van der Waals surface area contributed by atoms with E-state index >= 15 is 0 Å². The highest BCUT2D eigenvalue weighted by molar-refractivity contribution is 5.09. The number of nitrogens with one attached hydrogen (secondary N) is 1. The molecule has 0 amide bonds. The molecule has 0 radical (unpaired) electrons. The largest absolute Gasteiger partial charge is 0.433 e. The third-order valence-electron chi connectivity index (χ3n) is 2.88. The first-order valence-electron chi connectivity index (χ1n) is 6.03. The Labute approximate surface area is 105 Å². The predicted octanol–water partition coefficient (Wildman–Crippen LogP) is 2.99. The zero-order chi connectivity index (χ0) is 13.8. The zero-order valence-electron chi connectivity index (χ0n) is 10.8. The van der Waals surface area contributed by atoms with Gasteiger partial charge in [0.2, 0.25) is 0 Å². The first-order chi connectivity index (χ1) is 8.40. The van der Waals surface area contributed by atoms with Crippen molar-refractivity contribution in [3.8, 4) is 0 Å². The second kappa shape index (κ2) is 6.13. The normalized spacial score (nSPS) is 15.4. The summed E-state index contributed by atoms with van der Waals surface area (Å²) in [4.78, 5) is 7.57. The minimum Gasteiger partial charge on any atom is -0.314 e. The van der Waals surface area contributed by atoms with Crippen molar-refractivity contribution >= 4 is 0 Å². The van der Waals surface area contributed by atoms with Gasteiger partial charge in [0.25, 0.3) is 0 Å². The second-order valence-electron chi connectivity index (χ2n) is 4.16. The van der Waals surface area contributed by atoms with Crippen molar-refractivity contribution in [3.63, 3.8) is 0 Å². The van der Waals surface area contributed by atoms with Crippen LogP contribution in [0, 0.1) is 0 Å². The summed E-state index contributed by atoms with van der Waals surface area (Å²) in [6, 6.07) is 0.975. The number of likely N-dealkylation sites (N-methyl/N-ethyl adjacent to an activating group) is 1. The van der Waals surface area contributed by atoms with Gasteiger partial charge in [0.05, 0.1) is 0 Å². The second-order valence-corrected chi connectivity index (χ2v) is 4.16. The van der Waals surface area contributed by atoms with E-state index in [0.29, 0.717) is 0 Å². The first kappa shape index (κ1) is 14.9. The zero-order valence-corrected chi connectivity index (χ0v) is 10.8. The lowest BCUT2D eigenvalue weighted by atomic mass is 9.98. The molecule has 0 aliphatic rings. The van der Waals surface area contributed by atoms with Crippen LogP contribution in [-0.2, 0) is 6.18 Å². The van der Waals surface area contributed by atoms with Crippen LogP contribution in [0.15, 0.2) is 12.3 Å². The third-order valence-corrected chi connectivity index (χ3v) is 2.88. The van der Waals surface area contributed by atoms with Crippen LogP contribution in [-0.4, -0.2) is 22.6 Å². The Morgan fingerprint density at radius 1 is 1.33 bits per heavy atom. The summed E-state index contributed by atoms with van der Waals surface area (Å²) in [5.41, 5.74) is -0.884. The van der Waals surface area contributed by atoms with E-state index in [4.69, 9.17) is 0 Å². The lowest BCUT2D eigenvalue weighted by Gasteiger charge is -2.22. The van der Waals surface area contributed by atoms with Crippen LogP contribution >= 0.6 is 0 Å². The smallest absolute Gasteiger partial charge is 0.314 e. The van der Waals surface area contributed by atoms with Crippen LogP contribution in [0.2, 0.25) is 0 Å². The molecular formula is C12H18F3N3. The molecule has 0 aliphatic carbocycles. The molecule has 0 saturated carbocycles. The van der Waals surface area contributed by atoms with E-state index in [1.807, 2.05) is 20.8 Å². The summed E-state index contributed by atoms with van der Waals surface area (Å²) >= 11 is 0. The molecule has 1 rings (SSSR count). The van der Waals surface area contributed by atoms with Crippen molar-refractivity contribution in [2.75, 3.05) is 6.54 Å². The van der Waals surface area contributed by atoms with Crippen LogP contribution in [0.5, 0.6) is 0 Å². The molecule has 0 spiro atoms. The van der Waals surface area contributed by atoms with Crippen molar-refractivity contribution in [1.82, 2.24) is 15.3 Å². The van der Waals surface area contributed by atoms with E-state index in [1.54, 1.807) is 0 Å². The van der Waals surface area contributed by atoms with E-state index in [1.165, 1.54) is 6.20 Å². The Bertz CT molecular complexity index is 379. The monoisotopic (exact) mass is 261 g/mol. The number of hydrogen-bond donors (Lipinski definition) is 1. The van der Waals surface area contributed by atoms with Gasteiger partial charge in [-0.1, -0.05) is 20.8 Å². The Hall–Kier alpha value is -1.17. The SMILES string of the molecule is CCNC(CC)C(C)c1nccc(C(F)(F)F)n1. The fourth-order valence-corrected chi connectivity index (χ4v) is 1.87. The quantitative estimate of drug-likeness (QED) is 0.885. The van der Waals surface area contributed by atoms with E-state index in [-0.39, 0.29) is 17.8 Å². The molecule has 0 saturated heterocycles. The van der Waals surface area contributed by atoms with Crippen LogP contribution in [0.1, 0.15) is 44.6 Å². The highest BCUT2D eigenvalue weighted by Gasteiger charge is 2.33. The molecule has 1 N–H and O–H groups in total. The van der Waals surface area contributed by atoms with Crippen LogP contribution in [0.4, 0.5) is 13.2 Å². The van der Waals surface area contributed by atoms with Gasteiger partial charge >= 0.3 is 6.18 Å². The van der Waals surface area contributed by atoms with E-state index in [0.717, 1.165) is 19.0 Å². The van der Waals surface area contributed by atoms with Crippen molar-refractivity contribution < 1.29 is 13.2 Å². The van der Waals surface area contributed by atoms with Gasteiger partial charge in [0.1, 0.15) is 11.5 Å². The maximum Gasteiger partial charge on any atom is 0.433 e. The molecule has 2 unspecified atom stereocenters. The number of nitrogens with zero attached hydrogens (tertiary/aromatic N) is 2. The minimum absolute atomic E-state index is 0.0819. The average Bonchev–Trinajstić information content (AvgIpc) is 2.34. The molecular weight excluding hydrogens is 243 g/mol. The standard InChI is InChI=1S/C12H18F3N3/c1-4-9(16-5-2)8(3)11-17-7-6-10(18-11)12(13,14)15/h6-9,16H,4-5H2,1-3H3. The maximum atomic E-state index is 12.6. The molecule has 1 heterocycles. The Morgan fingerprint density at radius 2 is 2.00 bits per heavy atom. The van der Waals surface area contributed by atoms with Crippen LogP contribution in [0.3, 0.4) is 0 Å².